The van der Waals surface area contributed by atoms with Crippen LogP contribution >= 0.6 is 0 Å². The number of amides is 1. The number of benzene rings is 1. The fourth-order valence-corrected chi connectivity index (χ4v) is 3.07. The van der Waals surface area contributed by atoms with Crippen LogP contribution in [0, 0.1) is 0 Å². The van der Waals surface area contributed by atoms with Gasteiger partial charge in [0.1, 0.15) is 6.10 Å². The van der Waals surface area contributed by atoms with Gasteiger partial charge in [0.15, 0.2) is 11.5 Å². The Morgan fingerprint density at radius 2 is 1.95 bits per heavy atom. The van der Waals surface area contributed by atoms with Gasteiger partial charge in [0, 0.05) is 5.56 Å². The molecule has 2 aliphatic rings. The number of phenolic OH excluding ortho intramolecular Hbond substituents is 2. The van der Waals surface area contributed by atoms with Crippen LogP contribution < -0.4 is 5.73 Å². The van der Waals surface area contributed by atoms with Crippen molar-refractivity contribution in [2.45, 2.75) is 37.3 Å². The van der Waals surface area contributed by atoms with E-state index in [0.29, 0.717) is 5.56 Å². The van der Waals surface area contributed by atoms with Crippen LogP contribution in [0.15, 0.2) is 12.1 Å². The number of carbonyl (C=O) groups is 1. The maximum atomic E-state index is 12.1. The molecule has 20 heavy (non-hydrogen) atoms. The van der Waals surface area contributed by atoms with Gasteiger partial charge in [0.25, 0.3) is 0 Å². The number of aromatic hydroxyl groups is 2. The number of hydrogen-bond donors (Lipinski definition) is 5. The zero-order valence-electron chi connectivity index (χ0n) is 10.6. The fourth-order valence-electron chi connectivity index (χ4n) is 3.07. The van der Waals surface area contributed by atoms with Crippen molar-refractivity contribution >= 4 is 5.91 Å². The molecular formula is C13H16N2O5. The molecule has 6 N–H and O–H groups in total. The molecule has 1 fully saturated rings. The number of hydrogen-bond acceptors (Lipinski definition) is 6. The Balaban J connectivity index is 2.10. The highest BCUT2D eigenvalue weighted by Gasteiger charge is 2.47. The van der Waals surface area contributed by atoms with Crippen molar-refractivity contribution in [1.29, 1.82) is 0 Å². The fraction of sp³-hybridized carbons (Fsp3) is 0.462. The summed E-state index contributed by atoms with van der Waals surface area (Å²) in [4.78, 5) is 13.4. The molecule has 1 aromatic carbocycles. The molecule has 2 aliphatic heterocycles. The molecule has 1 saturated heterocycles. The standard InChI is InChI=1S/C13H16N2O5/c14-7-3-9(17)10-12(19)5-1-2-8(16)11(18)6(5)4-15(10)13(7)20/h1-2,7,9-10,12,16-19H,3-4,14H2/t7-,9+,10+,12-/m0/s1. The smallest absolute Gasteiger partial charge is 0.240 e. The molecule has 108 valence electrons. The SMILES string of the molecule is N[C@H]1C[C@@H](O)[C@@H]2[C@@H](O)c3ccc(O)c(O)c3CN2C1=O. The zero-order chi connectivity index (χ0) is 14.6. The minimum Gasteiger partial charge on any atom is -0.504 e. The van der Waals surface area contributed by atoms with Gasteiger partial charge in [-0.25, -0.2) is 0 Å². The quantitative estimate of drug-likeness (QED) is 0.385. The number of aliphatic hydroxyl groups is 2. The topological polar surface area (TPSA) is 127 Å². The first kappa shape index (κ1) is 13.2. The van der Waals surface area contributed by atoms with Gasteiger partial charge in [-0.3, -0.25) is 4.79 Å². The molecule has 1 amide bonds. The number of piperidine rings is 1. The Labute approximate surface area is 114 Å². The highest BCUT2D eigenvalue weighted by atomic mass is 16.3. The van der Waals surface area contributed by atoms with Crippen LogP contribution in [0.1, 0.15) is 23.7 Å². The second-order valence-electron chi connectivity index (χ2n) is 5.31. The van der Waals surface area contributed by atoms with Gasteiger partial charge < -0.3 is 31.1 Å². The van der Waals surface area contributed by atoms with Crippen LogP contribution in [0.5, 0.6) is 11.5 Å². The minimum atomic E-state index is -1.13. The molecule has 0 spiro atoms. The largest absolute Gasteiger partial charge is 0.504 e. The summed E-state index contributed by atoms with van der Waals surface area (Å²) >= 11 is 0. The lowest BCUT2D eigenvalue weighted by Gasteiger charge is -2.47. The van der Waals surface area contributed by atoms with Gasteiger partial charge in [-0.1, -0.05) is 6.07 Å². The Hall–Kier alpha value is -1.83. The summed E-state index contributed by atoms with van der Waals surface area (Å²) < 4.78 is 0. The van der Waals surface area contributed by atoms with Crippen molar-refractivity contribution in [3.8, 4) is 11.5 Å². The molecule has 4 atom stereocenters. The predicted molar refractivity (Wildman–Crippen MR) is 67.7 cm³/mol. The highest BCUT2D eigenvalue weighted by molar-refractivity contribution is 5.83. The number of phenols is 2. The maximum Gasteiger partial charge on any atom is 0.240 e. The number of nitrogens with two attached hydrogens (primary N) is 1. The predicted octanol–water partition coefficient (Wildman–Crippen LogP) is -1.07. The van der Waals surface area contributed by atoms with E-state index in [-0.39, 0.29) is 35.9 Å². The van der Waals surface area contributed by atoms with E-state index in [2.05, 4.69) is 0 Å². The van der Waals surface area contributed by atoms with Crippen molar-refractivity contribution in [1.82, 2.24) is 4.90 Å². The summed E-state index contributed by atoms with van der Waals surface area (Å²) in [6, 6.07) is 1.15. The Bertz CT molecular complexity index is 576. The van der Waals surface area contributed by atoms with E-state index in [1.165, 1.54) is 17.0 Å². The van der Waals surface area contributed by atoms with Gasteiger partial charge in [-0.05, 0) is 18.1 Å². The molecule has 3 rings (SSSR count). The van der Waals surface area contributed by atoms with Crippen molar-refractivity contribution in [2.75, 3.05) is 0 Å². The first-order valence-electron chi connectivity index (χ1n) is 6.37. The second-order valence-corrected chi connectivity index (χ2v) is 5.31. The first-order valence-corrected chi connectivity index (χ1v) is 6.37. The van der Waals surface area contributed by atoms with Crippen LogP contribution in [-0.2, 0) is 11.3 Å². The molecule has 0 unspecified atom stereocenters. The van der Waals surface area contributed by atoms with Gasteiger partial charge in [-0.2, -0.15) is 0 Å². The van der Waals surface area contributed by atoms with Crippen LogP contribution in [0.25, 0.3) is 0 Å². The monoisotopic (exact) mass is 280 g/mol. The maximum absolute atomic E-state index is 12.1. The van der Waals surface area contributed by atoms with Crippen molar-refractivity contribution in [3.63, 3.8) is 0 Å². The molecule has 0 saturated carbocycles. The van der Waals surface area contributed by atoms with E-state index in [1.807, 2.05) is 0 Å². The van der Waals surface area contributed by atoms with E-state index >= 15 is 0 Å². The molecule has 1 aromatic rings. The van der Waals surface area contributed by atoms with Gasteiger partial charge in [0.05, 0.1) is 24.7 Å². The van der Waals surface area contributed by atoms with Gasteiger partial charge >= 0.3 is 0 Å². The van der Waals surface area contributed by atoms with E-state index in [1.54, 1.807) is 0 Å². The van der Waals surface area contributed by atoms with E-state index in [9.17, 15) is 25.2 Å². The van der Waals surface area contributed by atoms with Crippen LogP contribution in [0.4, 0.5) is 0 Å². The molecule has 0 bridgehead atoms. The second kappa shape index (κ2) is 4.34. The number of rotatable bonds is 0. The Morgan fingerprint density at radius 3 is 2.65 bits per heavy atom. The number of fused-ring (bicyclic) bond motifs is 2. The summed E-state index contributed by atoms with van der Waals surface area (Å²) in [6.45, 7) is 0.000880. The number of aliphatic hydroxyl groups excluding tert-OH is 2. The molecule has 0 radical (unpaired) electrons. The lowest BCUT2D eigenvalue weighted by molar-refractivity contribution is -0.153. The Morgan fingerprint density at radius 1 is 1.25 bits per heavy atom. The molecule has 7 nitrogen and oxygen atoms in total. The van der Waals surface area contributed by atoms with Crippen LogP contribution in [-0.4, -0.2) is 49.4 Å². The summed E-state index contributed by atoms with van der Waals surface area (Å²) in [5.74, 6) is -1.06. The summed E-state index contributed by atoms with van der Waals surface area (Å²) in [7, 11) is 0. The van der Waals surface area contributed by atoms with E-state index < -0.39 is 24.3 Å². The summed E-state index contributed by atoms with van der Waals surface area (Å²) in [6.07, 6.45) is -1.96. The lowest BCUT2D eigenvalue weighted by atomic mass is 9.82. The number of carbonyl (C=O) groups excluding carboxylic acids is 1. The highest BCUT2D eigenvalue weighted by Crippen LogP contribution is 2.43. The molecule has 7 heteroatoms. The average Bonchev–Trinajstić information content (AvgIpc) is 2.40. The first-order chi connectivity index (χ1) is 9.41. The molecule has 0 aliphatic carbocycles. The molecule has 0 aromatic heterocycles. The molecular weight excluding hydrogens is 264 g/mol. The van der Waals surface area contributed by atoms with E-state index in [0.717, 1.165) is 0 Å². The van der Waals surface area contributed by atoms with Crippen molar-refractivity contribution in [2.24, 2.45) is 5.73 Å². The lowest BCUT2D eigenvalue weighted by Crippen LogP contribution is -2.62. The third-order valence-corrected chi connectivity index (χ3v) is 4.12. The van der Waals surface area contributed by atoms with Crippen molar-refractivity contribution in [3.05, 3.63) is 23.3 Å². The number of nitrogens with zero attached hydrogens (tertiary/aromatic N) is 1. The third kappa shape index (κ3) is 1.67. The zero-order valence-corrected chi connectivity index (χ0v) is 10.6. The third-order valence-electron chi connectivity index (χ3n) is 4.12. The van der Waals surface area contributed by atoms with Crippen molar-refractivity contribution < 1.29 is 25.2 Å². The average molecular weight is 280 g/mol. The Kier molecular flexibility index (Phi) is 2.86. The summed E-state index contributed by atoms with van der Waals surface area (Å²) in [5.41, 5.74) is 6.35. The van der Waals surface area contributed by atoms with Gasteiger partial charge in [-0.15, -0.1) is 0 Å². The minimum absolute atomic E-state index is 0.000880. The molecule has 2 heterocycles. The normalized spacial score (nSPS) is 32.8. The van der Waals surface area contributed by atoms with Crippen LogP contribution in [0.3, 0.4) is 0 Å². The summed E-state index contributed by atoms with van der Waals surface area (Å²) in [5, 5.41) is 39.8. The van der Waals surface area contributed by atoms with E-state index in [4.69, 9.17) is 5.73 Å². The van der Waals surface area contributed by atoms with Crippen LogP contribution in [0.2, 0.25) is 0 Å². The van der Waals surface area contributed by atoms with Gasteiger partial charge in [0.2, 0.25) is 5.91 Å².